The highest BCUT2D eigenvalue weighted by Gasteiger charge is 2.31. The van der Waals surface area contributed by atoms with Gasteiger partial charge in [0.15, 0.2) is 0 Å². The maximum Gasteiger partial charge on any atom is 0.245 e. The van der Waals surface area contributed by atoms with Crippen LogP contribution in [0.1, 0.15) is 26.7 Å². The molecular formula is C14H21BrN2O2S. The van der Waals surface area contributed by atoms with E-state index in [4.69, 9.17) is 5.73 Å². The molecule has 2 N–H and O–H groups in total. The van der Waals surface area contributed by atoms with Gasteiger partial charge in [0.25, 0.3) is 0 Å². The molecule has 2 rings (SSSR count). The van der Waals surface area contributed by atoms with Crippen LogP contribution >= 0.6 is 15.9 Å². The summed E-state index contributed by atoms with van der Waals surface area (Å²) in [6.07, 6.45) is 1.84. The molecule has 1 fully saturated rings. The highest BCUT2D eigenvalue weighted by molar-refractivity contribution is 9.10. The van der Waals surface area contributed by atoms with E-state index in [9.17, 15) is 8.42 Å². The summed E-state index contributed by atoms with van der Waals surface area (Å²) in [6, 6.07) is 4.95. The van der Waals surface area contributed by atoms with E-state index in [0.717, 1.165) is 17.3 Å². The van der Waals surface area contributed by atoms with Crippen LogP contribution in [0.25, 0.3) is 0 Å². The summed E-state index contributed by atoms with van der Waals surface area (Å²) in [7, 11) is -3.49. The fourth-order valence-electron chi connectivity index (χ4n) is 2.65. The predicted octanol–water partition coefficient (Wildman–Crippen LogP) is 3.09. The van der Waals surface area contributed by atoms with Gasteiger partial charge in [0.05, 0.1) is 5.69 Å². The van der Waals surface area contributed by atoms with Gasteiger partial charge in [-0.3, -0.25) is 0 Å². The molecule has 1 aromatic carbocycles. The molecule has 1 heterocycles. The number of hydrogen-bond donors (Lipinski definition) is 1. The Balaban J connectivity index is 2.22. The number of rotatable bonds is 3. The second-order valence-electron chi connectivity index (χ2n) is 5.67. The van der Waals surface area contributed by atoms with Crippen molar-refractivity contribution in [3.05, 3.63) is 22.7 Å². The molecule has 0 unspecified atom stereocenters. The minimum absolute atomic E-state index is 0.204. The first kappa shape index (κ1) is 15.8. The van der Waals surface area contributed by atoms with Gasteiger partial charge in [0.2, 0.25) is 10.0 Å². The molecule has 0 aromatic heterocycles. The third-order valence-corrected chi connectivity index (χ3v) is 6.48. The standard InChI is InChI=1S/C14H21BrN2O2S/c1-10(2)11-5-7-17(8-6-11)20(18,19)14-9-12(15)3-4-13(14)16/h3-4,9-11H,5-8,16H2,1-2H3. The molecule has 0 bridgehead atoms. The van der Waals surface area contributed by atoms with Gasteiger partial charge in [0.1, 0.15) is 4.90 Å². The van der Waals surface area contributed by atoms with Gasteiger partial charge in [-0.1, -0.05) is 29.8 Å². The highest BCUT2D eigenvalue weighted by atomic mass is 79.9. The molecule has 1 saturated heterocycles. The van der Waals surface area contributed by atoms with E-state index >= 15 is 0 Å². The molecule has 0 aliphatic carbocycles. The molecule has 112 valence electrons. The van der Waals surface area contributed by atoms with E-state index in [1.807, 2.05) is 0 Å². The molecule has 0 saturated carbocycles. The monoisotopic (exact) mass is 360 g/mol. The van der Waals surface area contributed by atoms with E-state index in [-0.39, 0.29) is 4.90 Å². The van der Waals surface area contributed by atoms with Crippen LogP contribution in [0, 0.1) is 11.8 Å². The van der Waals surface area contributed by atoms with Crippen LogP contribution in [0.4, 0.5) is 5.69 Å². The van der Waals surface area contributed by atoms with Gasteiger partial charge in [-0.25, -0.2) is 8.42 Å². The zero-order valence-electron chi connectivity index (χ0n) is 11.8. The second kappa shape index (κ2) is 6.03. The average molecular weight is 361 g/mol. The Bertz CT molecular complexity index is 579. The number of nitrogens with two attached hydrogens (primary N) is 1. The Morgan fingerprint density at radius 1 is 1.30 bits per heavy atom. The van der Waals surface area contributed by atoms with Crippen LogP contribution in [0.3, 0.4) is 0 Å². The molecule has 0 atom stereocenters. The molecule has 0 amide bonds. The Kier molecular flexibility index (Phi) is 4.76. The number of nitrogens with zero attached hydrogens (tertiary/aromatic N) is 1. The smallest absolute Gasteiger partial charge is 0.245 e. The average Bonchev–Trinajstić information content (AvgIpc) is 2.41. The van der Waals surface area contributed by atoms with Crippen LogP contribution in [0.15, 0.2) is 27.6 Å². The Hall–Kier alpha value is -0.590. The van der Waals surface area contributed by atoms with E-state index in [2.05, 4.69) is 29.8 Å². The fourth-order valence-corrected chi connectivity index (χ4v) is 4.78. The van der Waals surface area contributed by atoms with E-state index in [1.165, 1.54) is 0 Å². The van der Waals surface area contributed by atoms with Crippen molar-refractivity contribution in [2.24, 2.45) is 11.8 Å². The number of hydrogen-bond acceptors (Lipinski definition) is 3. The quantitative estimate of drug-likeness (QED) is 0.842. The number of halogens is 1. The van der Waals surface area contributed by atoms with Crippen LogP contribution in [-0.4, -0.2) is 25.8 Å². The molecule has 1 aliphatic rings. The van der Waals surface area contributed by atoms with Gasteiger partial charge < -0.3 is 5.73 Å². The lowest BCUT2D eigenvalue weighted by molar-refractivity contribution is 0.226. The lowest BCUT2D eigenvalue weighted by Crippen LogP contribution is -2.39. The fraction of sp³-hybridized carbons (Fsp3) is 0.571. The van der Waals surface area contributed by atoms with Crippen molar-refractivity contribution in [1.29, 1.82) is 0 Å². The third-order valence-electron chi connectivity index (χ3n) is 4.03. The summed E-state index contributed by atoms with van der Waals surface area (Å²) in [4.78, 5) is 0.204. The summed E-state index contributed by atoms with van der Waals surface area (Å²) in [5.74, 6) is 1.22. The topological polar surface area (TPSA) is 63.4 Å². The summed E-state index contributed by atoms with van der Waals surface area (Å²) in [5, 5.41) is 0. The lowest BCUT2D eigenvalue weighted by Gasteiger charge is -2.33. The SMILES string of the molecule is CC(C)C1CCN(S(=O)(=O)c2cc(Br)ccc2N)CC1. The second-order valence-corrected chi connectivity index (χ2v) is 8.49. The van der Waals surface area contributed by atoms with Crippen molar-refractivity contribution in [2.75, 3.05) is 18.8 Å². The first-order chi connectivity index (χ1) is 9.32. The molecule has 6 heteroatoms. The van der Waals surface area contributed by atoms with E-state index in [1.54, 1.807) is 22.5 Å². The van der Waals surface area contributed by atoms with Gasteiger partial charge in [0, 0.05) is 17.6 Å². The van der Waals surface area contributed by atoms with Crippen molar-refractivity contribution in [3.63, 3.8) is 0 Å². The van der Waals surface area contributed by atoms with Crippen LogP contribution < -0.4 is 5.73 Å². The Labute approximate surface area is 129 Å². The maximum absolute atomic E-state index is 12.7. The first-order valence-electron chi connectivity index (χ1n) is 6.87. The van der Waals surface area contributed by atoms with Crippen LogP contribution in [0.5, 0.6) is 0 Å². The molecule has 0 radical (unpaired) electrons. The van der Waals surface area contributed by atoms with Crippen molar-refractivity contribution >= 4 is 31.6 Å². The summed E-state index contributed by atoms with van der Waals surface area (Å²) in [6.45, 7) is 5.55. The van der Waals surface area contributed by atoms with Crippen LogP contribution in [-0.2, 0) is 10.0 Å². The highest BCUT2D eigenvalue weighted by Crippen LogP contribution is 2.31. The summed E-state index contributed by atoms with van der Waals surface area (Å²) in [5.41, 5.74) is 6.14. The van der Waals surface area contributed by atoms with Crippen molar-refractivity contribution in [2.45, 2.75) is 31.6 Å². The molecule has 4 nitrogen and oxygen atoms in total. The van der Waals surface area contributed by atoms with Crippen molar-refractivity contribution < 1.29 is 8.42 Å². The third kappa shape index (κ3) is 3.18. The lowest BCUT2D eigenvalue weighted by atomic mass is 9.87. The Morgan fingerprint density at radius 3 is 2.45 bits per heavy atom. The van der Waals surface area contributed by atoms with Crippen molar-refractivity contribution in [1.82, 2.24) is 4.31 Å². The molecule has 0 spiro atoms. The largest absolute Gasteiger partial charge is 0.398 e. The number of anilines is 1. The van der Waals surface area contributed by atoms with Crippen LogP contribution in [0.2, 0.25) is 0 Å². The van der Waals surface area contributed by atoms with E-state index < -0.39 is 10.0 Å². The minimum Gasteiger partial charge on any atom is -0.398 e. The number of piperidine rings is 1. The van der Waals surface area contributed by atoms with Crippen molar-refractivity contribution in [3.8, 4) is 0 Å². The minimum atomic E-state index is -3.49. The Morgan fingerprint density at radius 2 is 1.90 bits per heavy atom. The number of sulfonamides is 1. The summed E-state index contributed by atoms with van der Waals surface area (Å²) >= 11 is 3.30. The zero-order valence-corrected chi connectivity index (χ0v) is 14.2. The molecule has 20 heavy (non-hydrogen) atoms. The summed E-state index contributed by atoms with van der Waals surface area (Å²) < 4.78 is 27.6. The van der Waals surface area contributed by atoms with Gasteiger partial charge in [-0.2, -0.15) is 4.31 Å². The van der Waals surface area contributed by atoms with E-state index in [0.29, 0.717) is 30.6 Å². The number of benzene rings is 1. The van der Waals surface area contributed by atoms with Gasteiger partial charge in [-0.05, 0) is 42.9 Å². The number of nitrogen functional groups attached to an aromatic ring is 1. The maximum atomic E-state index is 12.7. The van der Waals surface area contributed by atoms with Gasteiger partial charge in [-0.15, -0.1) is 0 Å². The zero-order chi connectivity index (χ0) is 14.9. The first-order valence-corrected chi connectivity index (χ1v) is 9.11. The molecule has 1 aliphatic heterocycles. The molecular weight excluding hydrogens is 340 g/mol. The predicted molar refractivity (Wildman–Crippen MR) is 84.9 cm³/mol. The van der Waals surface area contributed by atoms with Gasteiger partial charge >= 0.3 is 0 Å². The normalized spacial score (nSPS) is 18.6. The molecule has 1 aromatic rings.